The van der Waals surface area contributed by atoms with Gasteiger partial charge in [-0.2, -0.15) is 0 Å². The molecule has 14 nitrogen and oxygen atoms in total. The Morgan fingerprint density at radius 2 is 0.746 bits per heavy atom. The first-order valence-corrected chi connectivity index (χ1v) is 21.7. The van der Waals surface area contributed by atoms with Gasteiger partial charge in [0.1, 0.15) is 17.5 Å². The molecule has 1 N–H and O–H groups in total. The summed E-state index contributed by atoms with van der Waals surface area (Å²) in [6, 6.07) is 8.69. The first kappa shape index (κ1) is 55.8. The molecule has 366 valence electrons. The summed E-state index contributed by atoms with van der Waals surface area (Å²) in [5, 5.41) is 8.24. The van der Waals surface area contributed by atoms with Crippen molar-refractivity contribution in [2.45, 2.75) is 137 Å². The Balaban J connectivity index is 0.000000219. The number of benzene rings is 3. The number of carboxylic acid groups (broad SMARTS) is 1. The van der Waals surface area contributed by atoms with Crippen molar-refractivity contribution in [3.63, 3.8) is 0 Å². The van der Waals surface area contributed by atoms with Gasteiger partial charge in [0.2, 0.25) is 0 Å². The molecule has 0 amide bonds. The predicted octanol–water partition coefficient (Wildman–Crippen LogP) is 6.68. The van der Waals surface area contributed by atoms with Gasteiger partial charge < -0.3 is 52.0 Å². The molecule has 0 aromatic heterocycles. The molecular formula is C46H61B3ClF3O14. The maximum atomic E-state index is 14.9. The molecule has 0 spiro atoms. The molecule has 6 rings (SSSR count). The van der Waals surface area contributed by atoms with E-state index in [0.29, 0.717) is 16.7 Å². The van der Waals surface area contributed by atoms with Gasteiger partial charge >= 0.3 is 33.3 Å². The zero-order chi connectivity index (χ0) is 50.8. The SMILES string of the molecule is COCc1ccc(C(=O)Cl)c(F)c1B1OC(C)(C)C(C)(C)O1.COCc1ccc(C(=O)O)c(F)c1B1OC(C)(C)C(C)(C)O1.COCc1ccc(C(=O)OC)c(F)c1B1OC(C)(C)C(C)(C)O1. The summed E-state index contributed by atoms with van der Waals surface area (Å²) >= 11 is 5.44. The minimum atomic E-state index is -1.33. The van der Waals surface area contributed by atoms with E-state index in [1.165, 1.54) is 52.7 Å². The third kappa shape index (κ3) is 11.6. The largest absolute Gasteiger partial charge is 0.498 e. The van der Waals surface area contributed by atoms with Gasteiger partial charge in [-0.3, -0.25) is 4.79 Å². The van der Waals surface area contributed by atoms with Crippen molar-refractivity contribution in [1.29, 1.82) is 0 Å². The number of hydrogen-bond acceptors (Lipinski definition) is 13. The molecule has 3 aromatic rings. The van der Waals surface area contributed by atoms with Gasteiger partial charge in [-0.05, 0) is 130 Å². The van der Waals surface area contributed by atoms with Crippen LogP contribution in [0.1, 0.15) is 131 Å². The summed E-state index contributed by atoms with van der Waals surface area (Å²) in [7, 11) is 2.89. The Kier molecular flexibility index (Phi) is 17.5. The fourth-order valence-corrected chi connectivity index (χ4v) is 7.12. The smallest absolute Gasteiger partial charge is 0.478 e. The molecule has 0 saturated carbocycles. The number of carbonyl (C=O) groups excluding carboxylic acids is 2. The number of carboxylic acids is 1. The highest BCUT2D eigenvalue weighted by atomic mass is 35.5. The third-order valence-electron chi connectivity index (χ3n) is 13.0. The molecule has 0 bridgehead atoms. The van der Waals surface area contributed by atoms with Gasteiger partial charge in [-0.25, -0.2) is 22.8 Å². The summed E-state index contributed by atoms with van der Waals surface area (Å²) in [5.74, 6) is -4.36. The molecule has 3 aliphatic rings. The highest BCUT2D eigenvalue weighted by Crippen LogP contribution is 2.39. The summed E-state index contributed by atoms with van der Waals surface area (Å²) < 4.78 is 99.5. The number of hydrogen-bond donors (Lipinski definition) is 1. The Bertz CT molecular complexity index is 2170. The monoisotopic (exact) mass is 962 g/mol. The molecule has 3 saturated heterocycles. The molecule has 0 radical (unpaired) electrons. The molecule has 0 atom stereocenters. The van der Waals surface area contributed by atoms with E-state index in [4.69, 9.17) is 58.8 Å². The summed E-state index contributed by atoms with van der Waals surface area (Å²) in [4.78, 5) is 34.3. The number of esters is 1. The molecular weight excluding hydrogens is 901 g/mol. The van der Waals surface area contributed by atoms with Crippen molar-refractivity contribution < 1.29 is 79.5 Å². The third-order valence-corrected chi connectivity index (χ3v) is 13.2. The van der Waals surface area contributed by atoms with E-state index >= 15 is 0 Å². The van der Waals surface area contributed by atoms with E-state index in [2.05, 4.69) is 4.74 Å². The van der Waals surface area contributed by atoms with Crippen LogP contribution in [0.3, 0.4) is 0 Å². The topological polar surface area (TPSA) is 164 Å². The second kappa shape index (κ2) is 21.0. The van der Waals surface area contributed by atoms with Crippen molar-refractivity contribution in [2.75, 3.05) is 28.4 Å². The van der Waals surface area contributed by atoms with Gasteiger partial charge in [0.15, 0.2) is 0 Å². The number of methoxy groups -OCH3 is 4. The fraction of sp³-hybridized carbons (Fsp3) is 0.543. The molecule has 0 aliphatic carbocycles. The second-order valence-corrected chi connectivity index (χ2v) is 19.5. The highest BCUT2D eigenvalue weighted by Gasteiger charge is 2.55. The Labute approximate surface area is 397 Å². The molecule has 0 unspecified atom stereocenters. The van der Waals surface area contributed by atoms with Crippen molar-refractivity contribution >= 4 is 66.5 Å². The van der Waals surface area contributed by atoms with Gasteiger partial charge in [0, 0.05) is 37.7 Å². The molecule has 21 heteroatoms. The van der Waals surface area contributed by atoms with E-state index < -0.39 is 95.2 Å². The molecule has 3 aliphatic heterocycles. The quantitative estimate of drug-likeness (QED) is 0.116. The summed E-state index contributed by atoms with van der Waals surface area (Å²) in [5.41, 5.74) is -2.48. The average Bonchev–Trinajstić information content (AvgIpc) is 3.66. The van der Waals surface area contributed by atoms with E-state index in [1.54, 1.807) is 12.1 Å². The summed E-state index contributed by atoms with van der Waals surface area (Å²) in [6.07, 6.45) is 0. The number of rotatable bonds is 12. The maximum Gasteiger partial charge on any atom is 0.498 e. The fourth-order valence-electron chi connectivity index (χ4n) is 6.97. The van der Waals surface area contributed by atoms with Crippen LogP contribution in [0.5, 0.6) is 0 Å². The lowest BCUT2D eigenvalue weighted by molar-refractivity contribution is 0.00578. The number of carbonyl (C=O) groups is 3. The highest BCUT2D eigenvalue weighted by molar-refractivity contribution is 6.68. The lowest BCUT2D eigenvalue weighted by Gasteiger charge is -2.32. The van der Waals surface area contributed by atoms with Gasteiger partial charge in [-0.1, -0.05) is 18.2 Å². The minimum absolute atomic E-state index is 0.0837. The molecule has 3 aromatic carbocycles. The van der Waals surface area contributed by atoms with Crippen LogP contribution in [-0.4, -0.2) is 106 Å². The predicted molar refractivity (Wildman–Crippen MR) is 247 cm³/mol. The van der Waals surface area contributed by atoms with Crippen LogP contribution < -0.4 is 16.4 Å². The zero-order valence-corrected chi connectivity index (χ0v) is 41.8. The number of ether oxygens (including phenoxy) is 4. The van der Waals surface area contributed by atoms with E-state index in [1.807, 2.05) is 83.1 Å². The molecule has 3 heterocycles. The Hall–Kier alpha value is -3.82. The van der Waals surface area contributed by atoms with Crippen molar-refractivity contribution in [3.05, 3.63) is 87.2 Å². The van der Waals surface area contributed by atoms with Gasteiger partial charge in [-0.15, -0.1) is 0 Å². The van der Waals surface area contributed by atoms with Crippen LogP contribution in [-0.2, 0) is 66.7 Å². The van der Waals surface area contributed by atoms with Crippen LogP contribution in [0.25, 0.3) is 0 Å². The van der Waals surface area contributed by atoms with E-state index in [9.17, 15) is 27.6 Å². The van der Waals surface area contributed by atoms with Crippen molar-refractivity contribution in [2.24, 2.45) is 0 Å². The first-order valence-electron chi connectivity index (χ1n) is 21.3. The van der Waals surface area contributed by atoms with Crippen molar-refractivity contribution in [3.8, 4) is 0 Å². The van der Waals surface area contributed by atoms with Crippen LogP contribution in [0.15, 0.2) is 36.4 Å². The van der Waals surface area contributed by atoms with Crippen LogP contribution >= 0.6 is 11.6 Å². The van der Waals surface area contributed by atoms with Crippen LogP contribution in [0.2, 0.25) is 0 Å². The van der Waals surface area contributed by atoms with E-state index in [0.717, 1.165) is 0 Å². The van der Waals surface area contributed by atoms with Crippen molar-refractivity contribution in [1.82, 2.24) is 0 Å². The lowest BCUT2D eigenvalue weighted by Crippen LogP contribution is -2.41. The summed E-state index contributed by atoms with van der Waals surface area (Å²) in [6.45, 7) is 22.9. The first-order chi connectivity index (χ1) is 30.9. The Morgan fingerprint density at radius 3 is 1.00 bits per heavy atom. The molecule has 3 fully saturated rings. The zero-order valence-electron chi connectivity index (χ0n) is 41.1. The number of aromatic carboxylic acids is 1. The normalized spacial score (nSPS) is 19.3. The second-order valence-electron chi connectivity index (χ2n) is 19.1. The maximum absolute atomic E-state index is 14.9. The number of halogens is 4. The van der Waals surface area contributed by atoms with E-state index in [-0.39, 0.29) is 47.3 Å². The lowest BCUT2D eigenvalue weighted by atomic mass is 9.74. The minimum Gasteiger partial charge on any atom is -0.478 e. The van der Waals surface area contributed by atoms with Gasteiger partial charge in [0.25, 0.3) is 5.24 Å². The Morgan fingerprint density at radius 1 is 0.493 bits per heavy atom. The standard InChI is InChI=1S/C16H22BFO5.C15H19BClFO4.C15H20BFO5/c1-15(2)16(3,4)23-17(22-15)12-10(9-20-5)7-8-11(13(12)18)14(19)21-6;1-14(2)15(3,4)22-16(21-14)11-9(8-20-5)6-7-10(12(11)18)13(17)19;1-14(2)15(3,4)22-16(21-14)11-9(8-20-5)6-7-10(12(11)17)13(18)19/h7-8H,9H2,1-6H3;6-7H,8H2,1-5H3;6-7H,8H2,1-5H3,(H,18,19). The van der Waals surface area contributed by atoms with Crippen LogP contribution in [0, 0.1) is 17.5 Å². The average molecular weight is 963 g/mol. The van der Waals surface area contributed by atoms with Gasteiger partial charge in [0.05, 0.1) is 77.2 Å². The van der Waals surface area contributed by atoms with Crippen LogP contribution in [0.4, 0.5) is 13.2 Å². The molecule has 67 heavy (non-hydrogen) atoms.